The Bertz CT molecular complexity index is 522. The number of fused-ring (bicyclic) bond motifs is 1. The summed E-state index contributed by atoms with van der Waals surface area (Å²) in [6.45, 7) is 2.83. The lowest BCUT2D eigenvalue weighted by Gasteiger charge is -2.34. The van der Waals surface area contributed by atoms with Crippen molar-refractivity contribution < 1.29 is 24.0 Å². The second kappa shape index (κ2) is 6.77. The Hall–Kier alpha value is -1.43. The summed E-state index contributed by atoms with van der Waals surface area (Å²) in [6.07, 6.45) is 3.21. The Morgan fingerprint density at radius 2 is 2.23 bits per heavy atom. The quantitative estimate of drug-likeness (QED) is 0.634. The van der Waals surface area contributed by atoms with Gasteiger partial charge in [-0.3, -0.25) is 4.79 Å². The number of rotatable bonds is 3. The molecule has 2 heterocycles. The van der Waals surface area contributed by atoms with E-state index in [9.17, 15) is 4.79 Å². The van der Waals surface area contributed by atoms with Crippen molar-refractivity contribution in [3.8, 4) is 0 Å². The summed E-state index contributed by atoms with van der Waals surface area (Å²) in [4.78, 5) is 23.1. The van der Waals surface area contributed by atoms with Gasteiger partial charge in [-0.1, -0.05) is 24.3 Å². The van der Waals surface area contributed by atoms with Crippen LogP contribution in [0.1, 0.15) is 49.8 Å². The Labute approximate surface area is 130 Å². The lowest BCUT2D eigenvalue weighted by Crippen LogP contribution is -2.40. The van der Waals surface area contributed by atoms with Crippen molar-refractivity contribution in [1.29, 1.82) is 0 Å². The summed E-state index contributed by atoms with van der Waals surface area (Å²) in [5.74, 6) is -1.01. The number of benzene rings is 1. The van der Waals surface area contributed by atoms with Crippen molar-refractivity contribution >= 4 is 5.97 Å². The molecule has 1 spiro atoms. The van der Waals surface area contributed by atoms with Gasteiger partial charge in [-0.2, -0.15) is 0 Å². The highest BCUT2D eigenvalue weighted by Crippen LogP contribution is 2.38. The zero-order chi connectivity index (χ0) is 15.4. The van der Waals surface area contributed by atoms with Crippen LogP contribution in [0.25, 0.3) is 0 Å². The zero-order valence-corrected chi connectivity index (χ0v) is 12.9. The van der Waals surface area contributed by atoms with Crippen molar-refractivity contribution in [1.82, 2.24) is 0 Å². The van der Waals surface area contributed by atoms with Gasteiger partial charge in [-0.25, -0.2) is 9.78 Å². The predicted octanol–water partition coefficient (Wildman–Crippen LogP) is 3.08. The largest absolute Gasteiger partial charge is 0.466 e. The molecule has 2 atom stereocenters. The lowest BCUT2D eigenvalue weighted by molar-refractivity contribution is -0.450. The minimum atomic E-state index is -0.724. The SMILES string of the molecule is CCOC(=O)CC1OOC2(CCCCO2)Cc2ccccc21. The molecular weight excluding hydrogens is 284 g/mol. The van der Waals surface area contributed by atoms with E-state index in [0.717, 1.165) is 30.4 Å². The van der Waals surface area contributed by atoms with Gasteiger partial charge >= 0.3 is 5.97 Å². The van der Waals surface area contributed by atoms with Gasteiger partial charge in [0.15, 0.2) is 0 Å². The van der Waals surface area contributed by atoms with Crippen LogP contribution in [0.15, 0.2) is 24.3 Å². The molecule has 3 rings (SSSR count). The molecule has 120 valence electrons. The van der Waals surface area contributed by atoms with Crippen LogP contribution >= 0.6 is 0 Å². The third-order valence-corrected chi connectivity index (χ3v) is 4.15. The maximum atomic E-state index is 11.8. The number of carbonyl (C=O) groups excluding carboxylic acids is 1. The highest BCUT2D eigenvalue weighted by molar-refractivity contribution is 5.70. The summed E-state index contributed by atoms with van der Waals surface area (Å²) in [5.41, 5.74) is 2.08. The van der Waals surface area contributed by atoms with Gasteiger partial charge in [0, 0.05) is 12.8 Å². The average Bonchev–Trinajstić information content (AvgIpc) is 2.66. The fraction of sp³-hybridized carbons (Fsp3) is 0.588. The first-order valence-corrected chi connectivity index (χ1v) is 7.94. The van der Waals surface area contributed by atoms with Gasteiger partial charge in [0.05, 0.1) is 19.6 Å². The summed E-state index contributed by atoms with van der Waals surface area (Å²) in [7, 11) is 0. The lowest BCUT2D eigenvalue weighted by atomic mass is 9.92. The minimum Gasteiger partial charge on any atom is -0.466 e. The molecule has 1 aromatic carbocycles. The average molecular weight is 306 g/mol. The number of esters is 1. The summed E-state index contributed by atoms with van der Waals surface area (Å²) in [5, 5.41) is 0. The smallest absolute Gasteiger partial charge is 0.308 e. The number of hydrogen-bond donors (Lipinski definition) is 0. The van der Waals surface area contributed by atoms with Crippen molar-refractivity contribution in [3.05, 3.63) is 35.4 Å². The van der Waals surface area contributed by atoms with Crippen LogP contribution in [0, 0.1) is 0 Å². The molecule has 1 fully saturated rings. The fourth-order valence-corrected chi connectivity index (χ4v) is 3.07. The molecule has 0 aromatic heterocycles. The third-order valence-electron chi connectivity index (χ3n) is 4.15. The van der Waals surface area contributed by atoms with Crippen LogP contribution in [-0.2, 0) is 30.5 Å². The molecule has 2 unspecified atom stereocenters. The Balaban J connectivity index is 1.83. The van der Waals surface area contributed by atoms with Crippen LogP contribution in [0.3, 0.4) is 0 Å². The van der Waals surface area contributed by atoms with Gasteiger partial charge < -0.3 is 9.47 Å². The van der Waals surface area contributed by atoms with Crippen LogP contribution in [0.4, 0.5) is 0 Å². The molecule has 5 nitrogen and oxygen atoms in total. The van der Waals surface area contributed by atoms with E-state index in [0.29, 0.717) is 19.6 Å². The standard InChI is InChI=1S/C17H22O5/c1-2-19-16(18)11-15-14-8-4-3-7-13(14)12-17(22-21-15)9-5-6-10-20-17/h3-4,7-8,15H,2,5-6,9-12H2,1H3. The van der Waals surface area contributed by atoms with Gasteiger partial charge in [0.2, 0.25) is 5.79 Å². The summed E-state index contributed by atoms with van der Waals surface area (Å²) in [6, 6.07) is 7.96. The van der Waals surface area contributed by atoms with Crippen LogP contribution in [0.5, 0.6) is 0 Å². The van der Waals surface area contributed by atoms with E-state index < -0.39 is 11.9 Å². The van der Waals surface area contributed by atoms with Gasteiger partial charge in [0.25, 0.3) is 0 Å². The first-order chi connectivity index (χ1) is 10.7. The molecule has 1 saturated heterocycles. The monoisotopic (exact) mass is 306 g/mol. The summed E-state index contributed by atoms with van der Waals surface area (Å²) < 4.78 is 10.9. The highest BCUT2D eigenvalue weighted by Gasteiger charge is 2.41. The molecule has 0 saturated carbocycles. The second-order valence-electron chi connectivity index (χ2n) is 5.77. The molecule has 22 heavy (non-hydrogen) atoms. The van der Waals surface area contributed by atoms with E-state index in [-0.39, 0.29) is 12.4 Å². The fourth-order valence-electron chi connectivity index (χ4n) is 3.07. The molecule has 0 radical (unpaired) electrons. The molecule has 0 bridgehead atoms. The Morgan fingerprint density at radius 3 is 3.00 bits per heavy atom. The topological polar surface area (TPSA) is 54.0 Å². The molecule has 0 N–H and O–H groups in total. The maximum Gasteiger partial charge on any atom is 0.308 e. The molecule has 1 aromatic rings. The molecule has 2 aliphatic rings. The van der Waals surface area contributed by atoms with E-state index >= 15 is 0 Å². The van der Waals surface area contributed by atoms with E-state index in [1.807, 2.05) is 24.3 Å². The van der Waals surface area contributed by atoms with Crippen molar-refractivity contribution in [2.24, 2.45) is 0 Å². The summed E-state index contributed by atoms with van der Waals surface area (Å²) >= 11 is 0. The number of carbonyl (C=O) groups is 1. The van der Waals surface area contributed by atoms with Gasteiger partial charge in [-0.05, 0) is 30.9 Å². The van der Waals surface area contributed by atoms with Crippen molar-refractivity contribution in [2.45, 2.75) is 50.9 Å². The highest BCUT2D eigenvalue weighted by atomic mass is 17.2. The zero-order valence-electron chi connectivity index (χ0n) is 12.9. The molecular formula is C17H22O5. The third kappa shape index (κ3) is 3.32. The second-order valence-corrected chi connectivity index (χ2v) is 5.77. The molecule has 0 aliphatic carbocycles. The first kappa shape index (κ1) is 15.5. The van der Waals surface area contributed by atoms with Crippen LogP contribution < -0.4 is 0 Å². The maximum absolute atomic E-state index is 11.8. The van der Waals surface area contributed by atoms with E-state index in [1.165, 1.54) is 0 Å². The van der Waals surface area contributed by atoms with Crippen molar-refractivity contribution in [2.75, 3.05) is 13.2 Å². The van der Waals surface area contributed by atoms with E-state index in [4.69, 9.17) is 19.2 Å². The van der Waals surface area contributed by atoms with E-state index in [1.54, 1.807) is 6.92 Å². The van der Waals surface area contributed by atoms with Crippen LogP contribution in [0.2, 0.25) is 0 Å². The Kier molecular flexibility index (Phi) is 4.76. The normalized spacial score (nSPS) is 28.0. The predicted molar refractivity (Wildman–Crippen MR) is 78.8 cm³/mol. The molecule has 0 amide bonds. The first-order valence-electron chi connectivity index (χ1n) is 7.94. The van der Waals surface area contributed by atoms with Crippen LogP contribution in [-0.4, -0.2) is 25.0 Å². The molecule has 2 aliphatic heterocycles. The Morgan fingerprint density at radius 1 is 1.36 bits per heavy atom. The van der Waals surface area contributed by atoms with Gasteiger partial charge in [-0.15, -0.1) is 0 Å². The minimum absolute atomic E-state index is 0.140. The number of ether oxygens (including phenoxy) is 2. The molecule has 5 heteroatoms. The van der Waals surface area contributed by atoms with E-state index in [2.05, 4.69) is 0 Å². The number of hydrogen-bond acceptors (Lipinski definition) is 5. The van der Waals surface area contributed by atoms with Crippen molar-refractivity contribution in [3.63, 3.8) is 0 Å². The van der Waals surface area contributed by atoms with Gasteiger partial charge in [0.1, 0.15) is 6.10 Å².